The molecule has 1 amide bonds. The lowest BCUT2D eigenvalue weighted by atomic mass is 9.99. The molecule has 114 valence electrons. The molecule has 0 radical (unpaired) electrons. The van der Waals surface area contributed by atoms with Crippen molar-refractivity contribution < 1.29 is 4.79 Å². The smallest absolute Gasteiger partial charge is 0.253 e. The van der Waals surface area contributed by atoms with E-state index >= 15 is 0 Å². The summed E-state index contributed by atoms with van der Waals surface area (Å²) in [4.78, 5) is 16.8. The lowest BCUT2D eigenvalue weighted by Crippen LogP contribution is -2.29. The summed E-state index contributed by atoms with van der Waals surface area (Å²) >= 11 is 3.43. The van der Waals surface area contributed by atoms with E-state index < -0.39 is 0 Å². The van der Waals surface area contributed by atoms with Gasteiger partial charge in [0.25, 0.3) is 5.91 Å². The maximum Gasteiger partial charge on any atom is 0.253 e. The van der Waals surface area contributed by atoms with E-state index in [1.54, 1.807) is 18.5 Å². The Balaban J connectivity index is 1.94. The highest BCUT2D eigenvalue weighted by atomic mass is 79.9. The Bertz CT molecular complexity index is 751. The predicted octanol–water partition coefficient (Wildman–Crippen LogP) is 4.36. The normalized spacial score (nSPS) is 11.7. The van der Waals surface area contributed by atoms with Crippen LogP contribution in [0.25, 0.3) is 0 Å². The number of hydrogen-bond acceptors (Lipinski definition) is 2. The third-order valence-corrected chi connectivity index (χ3v) is 4.24. The van der Waals surface area contributed by atoms with E-state index in [-0.39, 0.29) is 11.9 Å². The molecule has 1 heterocycles. The van der Waals surface area contributed by atoms with Gasteiger partial charge in [-0.3, -0.25) is 9.78 Å². The molecule has 0 unspecified atom stereocenters. The summed E-state index contributed by atoms with van der Waals surface area (Å²) in [5.74, 6) is -0.129. The van der Waals surface area contributed by atoms with Crippen molar-refractivity contribution in [3.8, 4) is 0 Å². The van der Waals surface area contributed by atoms with Gasteiger partial charge in [-0.1, -0.05) is 48.5 Å². The van der Waals surface area contributed by atoms with Crippen molar-refractivity contribution in [1.82, 2.24) is 10.3 Å². The van der Waals surface area contributed by atoms with E-state index in [0.29, 0.717) is 5.56 Å². The van der Waals surface area contributed by atoms with Gasteiger partial charge in [-0.15, -0.1) is 0 Å². The Kier molecular flexibility index (Phi) is 4.83. The summed E-state index contributed by atoms with van der Waals surface area (Å²) in [6.07, 6.45) is 3.50. The van der Waals surface area contributed by atoms with Crippen LogP contribution in [0.15, 0.2) is 83.6 Å². The molecule has 4 heteroatoms. The molecule has 1 aromatic heterocycles. The van der Waals surface area contributed by atoms with Gasteiger partial charge in [0.15, 0.2) is 0 Å². The average molecular weight is 367 g/mol. The summed E-state index contributed by atoms with van der Waals surface area (Å²) in [6, 6.07) is 20.9. The summed E-state index contributed by atoms with van der Waals surface area (Å²) in [7, 11) is 0. The molecule has 0 saturated carbocycles. The Morgan fingerprint density at radius 1 is 0.913 bits per heavy atom. The standard InChI is InChI=1S/C19H15BrN2O/c20-17-11-5-4-10-16(17)19(23)22-18(14-7-2-1-3-8-14)15-9-6-12-21-13-15/h1-13,18H,(H,22,23)/t18-/m0/s1. The lowest BCUT2D eigenvalue weighted by molar-refractivity contribution is 0.0942. The zero-order valence-electron chi connectivity index (χ0n) is 12.3. The average Bonchev–Trinajstić information content (AvgIpc) is 2.61. The number of hydrogen-bond donors (Lipinski definition) is 1. The van der Waals surface area contributed by atoms with Crippen molar-refractivity contribution in [2.24, 2.45) is 0 Å². The van der Waals surface area contributed by atoms with E-state index in [4.69, 9.17) is 0 Å². The molecule has 0 aliphatic carbocycles. The molecule has 1 atom stereocenters. The topological polar surface area (TPSA) is 42.0 Å². The maximum atomic E-state index is 12.7. The van der Waals surface area contributed by atoms with Crippen molar-refractivity contribution in [2.75, 3.05) is 0 Å². The van der Waals surface area contributed by atoms with Crippen molar-refractivity contribution in [2.45, 2.75) is 6.04 Å². The molecule has 3 nitrogen and oxygen atoms in total. The fourth-order valence-corrected chi connectivity index (χ4v) is 2.87. The van der Waals surface area contributed by atoms with E-state index in [1.165, 1.54) is 0 Å². The van der Waals surface area contributed by atoms with Crippen LogP contribution in [0, 0.1) is 0 Å². The number of rotatable bonds is 4. The number of aromatic nitrogens is 1. The molecule has 2 aromatic carbocycles. The Hall–Kier alpha value is -2.46. The summed E-state index contributed by atoms with van der Waals surface area (Å²) in [6.45, 7) is 0. The first-order chi connectivity index (χ1) is 11.3. The van der Waals surface area contributed by atoms with Gasteiger partial charge in [0.05, 0.1) is 11.6 Å². The minimum atomic E-state index is -0.246. The fourth-order valence-electron chi connectivity index (χ4n) is 2.41. The zero-order valence-corrected chi connectivity index (χ0v) is 13.9. The molecule has 3 rings (SSSR count). The Morgan fingerprint density at radius 3 is 2.30 bits per heavy atom. The highest BCUT2D eigenvalue weighted by Gasteiger charge is 2.19. The summed E-state index contributed by atoms with van der Waals surface area (Å²) in [5.41, 5.74) is 2.57. The third kappa shape index (κ3) is 3.66. The van der Waals surface area contributed by atoms with Gasteiger partial charge in [0.1, 0.15) is 0 Å². The van der Waals surface area contributed by atoms with Crippen LogP contribution in [-0.2, 0) is 0 Å². The number of halogens is 1. The van der Waals surface area contributed by atoms with Gasteiger partial charge in [-0.25, -0.2) is 0 Å². The molecule has 0 bridgehead atoms. The SMILES string of the molecule is O=C(N[C@@H](c1ccccc1)c1cccnc1)c1ccccc1Br. The molecule has 0 saturated heterocycles. The zero-order chi connectivity index (χ0) is 16.1. The molecule has 0 fully saturated rings. The number of carbonyl (C=O) groups excluding carboxylic acids is 1. The van der Waals surface area contributed by atoms with E-state index in [0.717, 1.165) is 15.6 Å². The van der Waals surface area contributed by atoms with E-state index in [1.807, 2.05) is 60.7 Å². The van der Waals surface area contributed by atoms with E-state index in [2.05, 4.69) is 26.2 Å². The van der Waals surface area contributed by atoms with Crippen LogP contribution in [0.1, 0.15) is 27.5 Å². The van der Waals surface area contributed by atoms with Gasteiger partial charge in [0, 0.05) is 16.9 Å². The van der Waals surface area contributed by atoms with Crippen molar-refractivity contribution in [1.29, 1.82) is 0 Å². The van der Waals surface area contributed by atoms with Gasteiger partial charge in [-0.05, 0) is 45.3 Å². The van der Waals surface area contributed by atoms with Crippen molar-refractivity contribution in [3.05, 3.63) is 100 Å². The quantitative estimate of drug-likeness (QED) is 0.744. The Labute approximate surface area is 143 Å². The van der Waals surface area contributed by atoms with Gasteiger partial charge < -0.3 is 5.32 Å². The predicted molar refractivity (Wildman–Crippen MR) is 94.1 cm³/mol. The molecule has 3 aromatic rings. The van der Waals surface area contributed by atoms with Gasteiger partial charge in [-0.2, -0.15) is 0 Å². The minimum Gasteiger partial charge on any atom is -0.341 e. The highest BCUT2D eigenvalue weighted by molar-refractivity contribution is 9.10. The molecule has 23 heavy (non-hydrogen) atoms. The number of nitrogens with zero attached hydrogens (tertiary/aromatic N) is 1. The van der Waals surface area contributed by atoms with Crippen LogP contribution >= 0.6 is 15.9 Å². The summed E-state index contributed by atoms with van der Waals surface area (Å²) < 4.78 is 0.774. The fraction of sp³-hybridized carbons (Fsp3) is 0.0526. The lowest BCUT2D eigenvalue weighted by Gasteiger charge is -2.20. The second-order valence-electron chi connectivity index (χ2n) is 5.08. The highest BCUT2D eigenvalue weighted by Crippen LogP contribution is 2.23. The van der Waals surface area contributed by atoms with Crippen LogP contribution in [0.3, 0.4) is 0 Å². The number of carbonyl (C=O) groups is 1. The van der Waals surface area contributed by atoms with E-state index in [9.17, 15) is 4.79 Å². The molecule has 0 aliphatic heterocycles. The second kappa shape index (κ2) is 7.20. The van der Waals surface area contributed by atoms with Crippen molar-refractivity contribution in [3.63, 3.8) is 0 Å². The molecule has 0 spiro atoms. The van der Waals surface area contributed by atoms with Gasteiger partial charge >= 0.3 is 0 Å². The first-order valence-electron chi connectivity index (χ1n) is 7.26. The number of pyridine rings is 1. The first kappa shape index (κ1) is 15.4. The van der Waals surface area contributed by atoms with Crippen LogP contribution in [-0.4, -0.2) is 10.9 Å². The largest absolute Gasteiger partial charge is 0.341 e. The molecular weight excluding hydrogens is 352 g/mol. The Morgan fingerprint density at radius 2 is 1.61 bits per heavy atom. The number of benzene rings is 2. The monoisotopic (exact) mass is 366 g/mol. The third-order valence-electron chi connectivity index (χ3n) is 3.54. The van der Waals surface area contributed by atoms with Crippen LogP contribution in [0.4, 0.5) is 0 Å². The number of nitrogens with one attached hydrogen (secondary N) is 1. The number of amides is 1. The molecular formula is C19H15BrN2O. The van der Waals surface area contributed by atoms with Gasteiger partial charge in [0.2, 0.25) is 0 Å². The van der Waals surface area contributed by atoms with Crippen LogP contribution < -0.4 is 5.32 Å². The maximum absolute atomic E-state index is 12.7. The first-order valence-corrected chi connectivity index (χ1v) is 8.05. The molecule has 0 aliphatic rings. The molecule has 1 N–H and O–H groups in total. The van der Waals surface area contributed by atoms with Crippen molar-refractivity contribution >= 4 is 21.8 Å². The van der Waals surface area contributed by atoms with Crippen LogP contribution in [0.2, 0.25) is 0 Å². The van der Waals surface area contributed by atoms with Crippen LogP contribution in [0.5, 0.6) is 0 Å². The minimum absolute atomic E-state index is 0.129. The second-order valence-corrected chi connectivity index (χ2v) is 5.94. The summed E-state index contributed by atoms with van der Waals surface area (Å²) in [5, 5.41) is 3.10.